The molecule has 0 saturated heterocycles. The summed E-state index contributed by atoms with van der Waals surface area (Å²) in [5.41, 5.74) is 0.242. The summed E-state index contributed by atoms with van der Waals surface area (Å²) in [6.07, 6.45) is 5.05. The van der Waals surface area contributed by atoms with Crippen LogP contribution in [0.25, 0.3) is 0 Å². The number of nitrogens with one attached hydrogen (secondary N) is 1. The number of carbonyl (C=O) groups excluding carboxylic acids is 1. The third kappa shape index (κ3) is 3.87. The van der Waals surface area contributed by atoms with Gasteiger partial charge in [-0.2, -0.15) is 0 Å². The summed E-state index contributed by atoms with van der Waals surface area (Å²) in [5, 5.41) is 12.5. The predicted molar refractivity (Wildman–Crippen MR) is 75.2 cm³/mol. The highest BCUT2D eigenvalue weighted by atomic mass is 16.5. The average Bonchev–Trinajstić information content (AvgIpc) is 2.96. The fourth-order valence-electron chi connectivity index (χ4n) is 2.37. The maximum absolute atomic E-state index is 11.9. The van der Waals surface area contributed by atoms with Gasteiger partial charge in [-0.1, -0.05) is 12.8 Å². The number of hydrogen-bond acceptors (Lipinski definition) is 4. The van der Waals surface area contributed by atoms with Gasteiger partial charge >= 0.3 is 0 Å². The van der Waals surface area contributed by atoms with Crippen LogP contribution in [0.15, 0.2) is 18.2 Å². The summed E-state index contributed by atoms with van der Waals surface area (Å²) in [5.74, 6) is 0.127. The minimum atomic E-state index is -0.305. The molecule has 0 radical (unpaired) electrons. The van der Waals surface area contributed by atoms with Gasteiger partial charge in [0.25, 0.3) is 5.91 Å². The van der Waals surface area contributed by atoms with Gasteiger partial charge in [-0.15, -0.1) is 0 Å². The Labute approximate surface area is 118 Å². The van der Waals surface area contributed by atoms with Gasteiger partial charge in [0, 0.05) is 12.6 Å². The SMILES string of the molecule is COc1ccc(C(=O)NCCOC2CCCC2)c(O)c1. The molecular formula is C15H21NO4. The Morgan fingerprint density at radius 3 is 2.80 bits per heavy atom. The highest BCUT2D eigenvalue weighted by Crippen LogP contribution is 2.23. The van der Waals surface area contributed by atoms with Crippen molar-refractivity contribution in [1.82, 2.24) is 5.32 Å². The molecule has 1 aliphatic carbocycles. The lowest BCUT2D eigenvalue weighted by Crippen LogP contribution is -2.28. The zero-order valence-corrected chi connectivity index (χ0v) is 11.7. The average molecular weight is 279 g/mol. The molecule has 1 aromatic carbocycles. The van der Waals surface area contributed by atoms with Gasteiger partial charge in [-0.05, 0) is 25.0 Å². The quantitative estimate of drug-likeness (QED) is 0.782. The zero-order chi connectivity index (χ0) is 14.4. The molecule has 2 N–H and O–H groups in total. The Balaban J connectivity index is 1.76. The summed E-state index contributed by atoms with van der Waals surface area (Å²) in [7, 11) is 1.51. The van der Waals surface area contributed by atoms with Crippen LogP contribution >= 0.6 is 0 Å². The van der Waals surface area contributed by atoms with Crippen molar-refractivity contribution in [1.29, 1.82) is 0 Å². The minimum Gasteiger partial charge on any atom is -0.507 e. The van der Waals surface area contributed by atoms with Crippen molar-refractivity contribution in [3.8, 4) is 11.5 Å². The molecule has 2 rings (SSSR count). The van der Waals surface area contributed by atoms with Gasteiger partial charge in [0.2, 0.25) is 0 Å². The summed E-state index contributed by atoms with van der Waals surface area (Å²) < 4.78 is 10.6. The smallest absolute Gasteiger partial charge is 0.255 e. The molecule has 1 aliphatic rings. The summed E-state index contributed by atoms with van der Waals surface area (Å²) >= 11 is 0. The van der Waals surface area contributed by atoms with Gasteiger partial charge in [-0.3, -0.25) is 4.79 Å². The van der Waals surface area contributed by atoms with E-state index in [1.165, 1.54) is 26.0 Å². The number of hydrogen-bond donors (Lipinski definition) is 2. The Morgan fingerprint density at radius 2 is 2.15 bits per heavy atom. The van der Waals surface area contributed by atoms with Crippen molar-refractivity contribution in [3.63, 3.8) is 0 Å². The number of ether oxygens (including phenoxy) is 2. The molecule has 5 nitrogen and oxygen atoms in total. The molecular weight excluding hydrogens is 258 g/mol. The van der Waals surface area contributed by atoms with E-state index in [4.69, 9.17) is 9.47 Å². The fourth-order valence-corrected chi connectivity index (χ4v) is 2.37. The maximum Gasteiger partial charge on any atom is 0.255 e. The van der Waals surface area contributed by atoms with Crippen LogP contribution in [0, 0.1) is 0 Å². The Bertz CT molecular complexity index is 455. The predicted octanol–water partition coefficient (Wildman–Crippen LogP) is 2.09. The van der Waals surface area contributed by atoms with E-state index in [0.29, 0.717) is 25.0 Å². The maximum atomic E-state index is 11.9. The second kappa shape index (κ2) is 7.14. The third-order valence-electron chi connectivity index (χ3n) is 3.49. The van der Waals surface area contributed by atoms with Gasteiger partial charge in [-0.25, -0.2) is 0 Å². The molecule has 5 heteroatoms. The van der Waals surface area contributed by atoms with Gasteiger partial charge in [0.05, 0.1) is 25.4 Å². The Morgan fingerprint density at radius 1 is 1.40 bits per heavy atom. The van der Waals surface area contributed by atoms with Crippen LogP contribution in [0.4, 0.5) is 0 Å². The molecule has 0 heterocycles. The molecule has 0 atom stereocenters. The van der Waals surface area contributed by atoms with Gasteiger partial charge in [0.15, 0.2) is 0 Å². The first-order chi connectivity index (χ1) is 9.70. The van der Waals surface area contributed by atoms with Crippen LogP contribution in [-0.4, -0.2) is 37.4 Å². The number of phenolic OH excluding ortho intramolecular Hbond substituents is 1. The third-order valence-corrected chi connectivity index (χ3v) is 3.49. The lowest BCUT2D eigenvalue weighted by atomic mass is 10.2. The zero-order valence-electron chi connectivity index (χ0n) is 11.7. The van der Waals surface area contributed by atoms with E-state index < -0.39 is 0 Å². The van der Waals surface area contributed by atoms with Crippen molar-refractivity contribution in [3.05, 3.63) is 23.8 Å². The molecule has 0 aliphatic heterocycles. The topological polar surface area (TPSA) is 67.8 Å². The molecule has 0 bridgehead atoms. The van der Waals surface area contributed by atoms with E-state index in [9.17, 15) is 9.90 Å². The summed E-state index contributed by atoms with van der Waals surface area (Å²) in [4.78, 5) is 11.9. The van der Waals surface area contributed by atoms with Crippen molar-refractivity contribution < 1.29 is 19.4 Å². The molecule has 1 aromatic rings. The molecule has 0 spiro atoms. The first kappa shape index (κ1) is 14.7. The summed E-state index contributed by atoms with van der Waals surface area (Å²) in [6.45, 7) is 0.953. The van der Waals surface area contributed by atoms with Crippen molar-refractivity contribution in [2.24, 2.45) is 0 Å². The molecule has 1 saturated carbocycles. The number of benzene rings is 1. The molecule has 1 fully saturated rings. The van der Waals surface area contributed by atoms with Crippen molar-refractivity contribution in [2.45, 2.75) is 31.8 Å². The number of methoxy groups -OCH3 is 1. The molecule has 0 aromatic heterocycles. The monoisotopic (exact) mass is 279 g/mol. The molecule has 20 heavy (non-hydrogen) atoms. The van der Waals surface area contributed by atoms with Gasteiger partial charge in [0.1, 0.15) is 11.5 Å². The first-order valence-electron chi connectivity index (χ1n) is 6.97. The molecule has 1 amide bonds. The van der Waals surface area contributed by atoms with Crippen LogP contribution in [0.3, 0.4) is 0 Å². The van der Waals surface area contributed by atoms with Crippen LogP contribution < -0.4 is 10.1 Å². The highest BCUT2D eigenvalue weighted by molar-refractivity contribution is 5.96. The second-order valence-corrected chi connectivity index (χ2v) is 4.92. The van der Waals surface area contributed by atoms with Crippen molar-refractivity contribution >= 4 is 5.91 Å². The Hall–Kier alpha value is -1.75. The fraction of sp³-hybridized carbons (Fsp3) is 0.533. The van der Waals surface area contributed by atoms with E-state index in [2.05, 4.69) is 5.32 Å². The van der Waals surface area contributed by atoms with E-state index in [1.807, 2.05) is 0 Å². The van der Waals surface area contributed by atoms with Crippen LogP contribution in [0.5, 0.6) is 11.5 Å². The minimum absolute atomic E-state index is 0.0847. The number of phenols is 1. The van der Waals surface area contributed by atoms with Crippen LogP contribution in [0.2, 0.25) is 0 Å². The number of aromatic hydroxyl groups is 1. The van der Waals surface area contributed by atoms with E-state index in [0.717, 1.165) is 12.8 Å². The normalized spacial score (nSPS) is 15.2. The lowest BCUT2D eigenvalue weighted by Gasteiger charge is -2.12. The summed E-state index contributed by atoms with van der Waals surface area (Å²) in [6, 6.07) is 4.61. The lowest BCUT2D eigenvalue weighted by molar-refractivity contribution is 0.0581. The molecule has 110 valence electrons. The molecule has 0 unspecified atom stereocenters. The van der Waals surface area contributed by atoms with Crippen LogP contribution in [0.1, 0.15) is 36.0 Å². The second-order valence-electron chi connectivity index (χ2n) is 4.92. The number of rotatable bonds is 6. The largest absolute Gasteiger partial charge is 0.507 e. The standard InChI is InChI=1S/C15H21NO4/c1-19-12-6-7-13(14(17)10-12)15(18)16-8-9-20-11-4-2-3-5-11/h6-7,10-11,17H,2-5,8-9H2,1H3,(H,16,18). The Kier molecular flexibility index (Phi) is 5.24. The van der Waals surface area contributed by atoms with E-state index in [1.54, 1.807) is 12.1 Å². The highest BCUT2D eigenvalue weighted by Gasteiger charge is 2.15. The van der Waals surface area contributed by atoms with E-state index in [-0.39, 0.29) is 17.2 Å². The first-order valence-corrected chi connectivity index (χ1v) is 6.97. The van der Waals surface area contributed by atoms with Crippen molar-refractivity contribution in [2.75, 3.05) is 20.3 Å². The van der Waals surface area contributed by atoms with E-state index >= 15 is 0 Å². The number of amides is 1. The van der Waals surface area contributed by atoms with Crippen LogP contribution in [-0.2, 0) is 4.74 Å². The van der Waals surface area contributed by atoms with Gasteiger partial charge < -0.3 is 19.9 Å². The number of carbonyl (C=O) groups is 1.